The Kier molecular flexibility index (Phi) is 7.79. The van der Waals surface area contributed by atoms with E-state index in [0.29, 0.717) is 24.3 Å². The zero-order valence-corrected chi connectivity index (χ0v) is 20.0. The van der Waals surface area contributed by atoms with E-state index in [1.165, 1.54) is 6.07 Å². The lowest BCUT2D eigenvalue weighted by molar-refractivity contribution is -0.123. The van der Waals surface area contributed by atoms with Crippen molar-refractivity contribution in [2.45, 2.75) is 77.3 Å². The monoisotopic (exact) mass is 453 g/mol. The molecule has 0 unspecified atom stereocenters. The molecule has 3 rings (SSSR count). The fourth-order valence-electron chi connectivity index (χ4n) is 4.81. The largest absolute Gasteiger partial charge is 0.372 e. The number of hydrogen-bond donors (Lipinski definition) is 0. The Labute approximate surface area is 186 Å². The van der Waals surface area contributed by atoms with Crippen LogP contribution in [0.5, 0.6) is 0 Å². The summed E-state index contributed by atoms with van der Waals surface area (Å²) in [6.07, 6.45) is 3.31. The minimum Gasteiger partial charge on any atom is -0.372 e. The molecule has 0 amide bonds. The maximum atomic E-state index is 14.8. The lowest BCUT2D eigenvalue weighted by atomic mass is 9.79. The molecule has 1 aliphatic carbocycles. The van der Waals surface area contributed by atoms with Gasteiger partial charge in [-0.15, -0.1) is 0 Å². The third-order valence-electron chi connectivity index (χ3n) is 6.64. The summed E-state index contributed by atoms with van der Waals surface area (Å²) in [4.78, 5) is 14.8. The molecule has 1 aliphatic heterocycles. The molecule has 174 valence electrons. The van der Waals surface area contributed by atoms with Crippen LogP contribution < -0.4 is 4.90 Å². The van der Waals surface area contributed by atoms with Crippen molar-refractivity contribution in [3.8, 4) is 0 Å². The fourth-order valence-corrected chi connectivity index (χ4v) is 6.18. The maximum absolute atomic E-state index is 14.8. The van der Waals surface area contributed by atoms with Crippen molar-refractivity contribution in [2.24, 2.45) is 11.8 Å². The molecular formula is C24H36FNO4S. The van der Waals surface area contributed by atoms with Crippen molar-refractivity contribution in [1.29, 1.82) is 0 Å². The number of carbonyl (C=O) groups is 1. The van der Waals surface area contributed by atoms with Gasteiger partial charge in [0.05, 0.1) is 28.9 Å². The Bertz CT molecular complexity index is 868. The first-order chi connectivity index (χ1) is 14.5. The van der Waals surface area contributed by atoms with E-state index in [1.807, 2.05) is 24.8 Å². The van der Waals surface area contributed by atoms with Gasteiger partial charge in [0.25, 0.3) is 0 Å². The standard InChI is InChI=1S/C24H36FNO4S/c1-16(2)31(28,29)15-19-5-8-21(9-6-19)24(27)12-20-7-10-23(22(25)11-20)26-13-17(3)30-18(4)14-26/h7,10-11,16-19,21H,5-6,8-9,12-15H2,1-4H3/t17-,18+,19?,21?. The third kappa shape index (κ3) is 6.28. The molecule has 1 aromatic carbocycles. The van der Waals surface area contributed by atoms with E-state index in [1.54, 1.807) is 19.9 Å². The molecule has 1 heterocycles. The van der Waals surface area contributed by atoms with Crippen LogP contribution in [0.15, 0.2) is 18.2 Å². The molecule has 0 bridgehead atoms. The van der Waals surface area contributed by atoms with Crippen molar-refractivity contribution >= 4 is 21.3 Å². The summed E-state index contributed by atoms with van der Waals surface area (Å²) >= 11 is 0. The molecular weight excluding hydrogens is 417 g/mol. The summed E-state index contributed by atoms with van der Waals surface area (Å²) < 4.78 is 44.8. The highest BCUT2D eigenvalue weighted by molar-refractivity contribution is 7.91. The lowest BCUT2D eigenvalue weighted by Gasteiger charge is -2.37. The average Bonchev–Trinajstić information content (AvgIpc) is 2.67. The Balaban J connectivity index is 1.55. The van der Waals surface area contributed by atoms with Crippen LogP contribution in [-0.2, 0) is 25.8 Å². The number of benzene rings is 1. The van der Waals surface area contributed by atoms with E-state index in [-0.39, 0.29) is 53.1 Å². The topological polar surface area (TPSA) is 63.7 Å². The smallest absolute Gasteiger partial charge is 0.152 e. The highest BCUT2D eigenvalue weighted by atomic mass is 32.2. The summed E-state index contributed by atoms with van der Waals surface area (Å²) in [6, 6.07) is 5.11. The van der Waals surface area contributed by atoms with E-state index in [0.717, 1.165) is 25.7 Å². The molecule has 2 aliphatic rings. The van der Waals surface area contributed by atoms with Crippen LogP contribution >= 0.6 is 0 Å². The molecule has 0 aromatic heterocycles. The van der Waals surface area contributed by atoms with Gasteiger partial charge < -0.3 is 9.64 Å². The van der Waals surface area contributed by atoms with Gasteiger partial charge >= 0.3 is 0 Å². The van der Waals surface area contributed by atoms with Crippen LogP contribution in [0.3, 0.4) is 0 Å². The molecule has 31 heavy (non-hydrogen) atoms. The number of morpholine rings is 1. The number of nitrogens with zero attached hydrogens (tertiary/aromatic N) is 1. The molecule has 1 saturated heterocycles. The predicted octanol–water partition coefficient (Wildman–Crippen LogP) is 4.18. The van der Waals surface area contributed by atoms with Gasteiger partial charge in [-0.2, -0.15) is 0 Å². The van der Waals surface area contributed by atoms with Crippen LogP contribution in [0.4, 0.5) is 10.1 Å². The van der Waals surface area contributed by atoms with E-state index >= 15 is 0 Å². The minimum absolute atomic E-state index is 0.0510. The number of ether oxygens (including phenoxy) is 1. The molecule has 0 N–H and O–H groups in total. The van der Waals surface area contributed by atoms with E-state index in [2.05, 4.69) is 0 Å². The second kappa shape index (κ2) is 9.99. The van der Waals surface area contributed by atoms with Crippen molar-refractivity contribution in [2.75, 3.05) is 23.7 Å². The lowest BCUT2D eigenvalue weighted by Crippen LogP contribution is -2.45. The van der Waals surface area contributed by atoms with E-state index in [9.17, 15) is 17.6 Å². The normalized spacial score (nSPS) is 27.5. The number of ketones is 1. The summed E-state index contributed by atoms with van der Waals surface area (Å²) in [6.45, 7) is 8.70. The molecule has 2 atom stereocenters. The van der Waals surface area contributed by atoms with E-state index < -0.39 is 9.84 Å². The van der Waals surface area contributed by atoms with Gasteiger partial charge in [0.1, 0.15) is 11.6 Å². The highest BCUT2D eigenvalue weighted by Gasteiger charge is 2.30. The minimum atomic E-state index is -3.05. The molecule has 2 fully saturated rings. The van der Waals surface area contributed by atoms with Crippen molar-refractivity contribution < 1.29 is 22.3 Å². The van der Waals surface area contributed by atoms with Gasteiger partial charge in [0.15, 0.2) is 9.84 Å². The van der Waals surface area contributed by atoms with Crippen molar-refractivity contribution in [1.82, 2.24) is 0 Å². The Hall–Kier alpha value is -1.47. The van der Waals surface area contributed by atoms with Gasteiger partial charge in [-0.3, -0.25) is 4.79 Å². The summed E-state index contributed by atoms with van der Waals surface area (Å²) in [7, 11) is -3.05. The maximum Gasteiger partial charge on any atom is 0.152 e. The Morgan fingerprint density at radius 2 is 1.74 bits per heavy atom. The van der Waals surface area contributed by atoms with Crippen LogP contribution in [-0.4, -0.2) is 50.5 Å². The second-order valence-electron chi connectivity index (χ2n) is 9.69. The van der Waals surface area contributed by atoms with Crippen molar-refractivity contribution in [3.63, 3.8) is 0 Å². The number of carbonyl (C=O) groups excluding carboxylic acids is 1. The molecule has 1 aromatic rings. The number of hydrogen-bond acceptors (Lipinski definition) is 5. The predicted molar refractivity (Wildman–Crippen MR) is 122 cm³/mol. The SMILES string of the molecule is CC(C)S(=O)(=O)CC1CCC(C(=O)Cc2ccc(N3C[C@@H](C)O[C@@H](C)C3)c(F)c2)CC1. The first-order valence-corrected chi connectivity index (χ1v) is 13.2. The van der Waals surface area contributed by atoms with Crippen molar-refractivity contribution in [3.05, 3.63) is 29.6 Å². The van der Waals surface area contributed by atoms with Gasteiger partial charge in [0.2, 0.25) is 0 Å². The number of halogens is 1. The molecule has 7 heteroatoms. The summed E-state index contributed by atoms with van der Waals surface area (Å²) in [5.41, 5.74) is 1.26. The second-order valence-corrected chi connectivity index (χ2v) is 12.3. The number of sulfone groups is 1. The summed E-state index contributed by atoms with van der Waals surface area (Å²) in [5.74, 6) is 0.144. The van der Waals surface area contributed by atoms with E-state index in [4.69, 9.17) is 4.74 Å². The zero-order chi connectivity index (χ0) is 22.8. The molecule has 1 saturated carbocycles. The first kappa shape index (κ1) is 24.2. The van der Waals surface area contributed by atoms with Crippen LogP contribution in [0, 0.1) is 17.7 Å². The molecule has 5 nitrogen and oxygen atoms in total. The Morgan fingerprint density at radius 1 is 1.13 bits per heavy atom. The number of anilines is 1. The fraction of sp³-hybridized carbons (Fsp3) is 0.708. The van der Waals surface area contributed by atoms with Crippen LogP contribution in [0.25, 0.3) is 0 Å². The first-order valence-electron chi connectivity index (χ1n) is 11.5. The van der Waals surface area contributed by atoms with Gasteiger partial charge in [0, 0.05) is 25.4 Å². The number of rotatable bonds is 7. The van der Waals surface area contributed by atoms with Gasteiger partial charge in [-0.25, -0.2) is 12.8 Å². The van der Waals surface area contributed by atoms with Gasteiger partial charge in [-0.1, -0.05) is 6.07 Å². The Morgan fingerprint density at radius 3 is 2.29 bits per heavy atom. The summed E-state index contributed by atoms with van der Waals surface area (Å²) in [5, 5.41) is -0.353. The van der Waals surface area contributed by atoms with Crippen LogP contribution in [0.1, 0.15) is 58.9 Å². The highest BCUT2D eigenvalue weighted by Crippen LogP contribution is 2.32. The quantitative estimate of drug-likeness (QED) is 0.620. The average molecular weight is 454 g/mol. The molecule has 0 spiro atoms. The van der Waals surface area contributed by atoms with Crippen LogP contribution in [0.2, 0.25) is 0 Å². The molecule has 0 radical (unpaired) electrons. The van der Waals surface area contributed by atoms with Gasteiger partial charge in [-0.05, 0) is 77.0 Å². The third-order valence-corrected chi connectivity index (χ3v) is 9.01. The zero-order valence-electron chi connectivity index (χ0n) is 19.1. The number of Topliss-reactive ketones (excluding diaryl/α,β-unsaturated/α-hetero) is 1.